The molecule has 2 N–H and O–H groups in total. The van der Waals surface area contributed by atoms with Gasteiger partial charge in [0.1, 0.15) is 0 Å². The zero-order valence-electron chi connectivity index (χ0n) is 15.0. The normalized spacial score (nSPS) is 23.6. The Labute approximate surface area is 150 Å². The molecule has 2 aliphatic heterocycles. The molecular weight excluding hydrogens is 314 g/mol. The molecule has 1 aromatic carbocycles. The lowest BCUT2D eigenvalue weighted by molar-refractivity contribution is -0.135. The summed E-state index contributed by atoms with van der Waals surface area (Å²) in [6.07, 6.45) is 3.22. The van der Waals surface area contributed by atoms with Crippen LogP contribution in [0.1, 0.15) is 44.2 Å². The highest BCUT2D eigenvalue weighted by Crippen LogP contribution is 2.29. The molecule has 5 nitrogen and oxygen atoms in total. The van der Waals surface area contributed by atoms with Gasteiger partial charge >= 0.3 is 0 Å². The summed E-state index contributed by atoms with van der Waals surface area (Å²) < 4.78 is 0. The second-order valence-corrected chi connectivity index (χ2v) is 7.34. The van der Waals surface area contributed by atoms with E-state index in [4.69, 9.17) is 0 Å². The van der Waals surface area contributed by atoms with Crippen LogP contribution in [0.4, 0.5) is 0 Å². The van der Waals surface area contributed by atoms with Crippen molar-refractivity contribution < 1.29 is 9.59 Å². The molecule has 136 valence electrons. The Hall–Kier alpha value is -1.88. The molecule has 0 bridgehead atoms. The predicted molar refractivity (Wildman–Crippen MR) is 97.9 cm³/mol. The van der Waals surface area contributed by atoms with Gasteiger partial charge in [0.15, 0.2) is 0 Å². The SMILES string of the molecule is CC(CC(=O)N1CCNC(=O)CC1c1ccccc1)C1CCNCC1. The topological polar surface area (TPSA) is 61.4 Å². The molecule has 3 rings (SSSR count). The second kappa shape index (κ2) is 8.48. The second-order valence-electron chi connectivity index (χ2n) is 7.34. The van der Waals surface area contributed by atoms with E-state index in [0.29, 0.717) is 37.8 Å². The Kier molecular flexibility index (Phi) is 6.08. The van der Waals surface area contributed by atoms with Crippen molar-refractivity contribution in [1.29, 1.82) is 0 Å². The molecule has 0 aromatic heterocycles. The third-order valence-electron chi connectivity index (χ3n) is 5.62. The summed E-state index contributed by atoms with van der Waals surface area (Å²) in [6.45, 7) is 5.43. The van der Waals surface area contributed by atoms with Crippen LogP contribution in [-0.2, 0) is 9.59 Å². The highest BCUT2D eigenvalue weighted by atomic mass is 16.2. The number of hydrogen-bond donors (Lipinski definition) is 2. The quantitative estimate of drug-likeness (QED) is 0.880. The number of carbonyl (C=O) groups excluding carboxylic acids is 2. The maximum Gasteiger partial charge on any atom is 0.223 e. The largest absolute Gasteiger partial charge is 0.354 e. The van der Waals surface area contributed by atoms with Gasteiger partial charge in [0.2, 0.25) is 11.8 Å². The third-order valence-corrected chi connectivity index (χ3v) is 5.62. The number of amides is 2. The fourth-order valence-electron chi connectivity index (χ4n) is 4.07. The van der Waals surface area contributed by atoms with Crippen LogP contribution in [0.5, 0.6) is 0 Å². The molecule has 2 aliphatic rings. The van der Waals surface area contributed by atoms with Crippen molar-refractivity contribution in [3.05, 3.63) is 35.9 Å². The Balaban J connectivity index is 1.72. The molecule has 2 fully saturated rings. The van der Waals surface area contributed by atoms with Crippen LogP contribution in [0, 0.1) is 11.8 Å². The van der Waals surface area contributed by atoms with Gasteiger partial charge in [-0.25, -0.2) is 0 Å². The van der Waals surface area contributed by atoms with Crippen molar-refractivity contribution in [2.75, 3.05) is 26.2 Å². The van der Waals surface area contributed by atoms with Gasteiger partial charge in [-0.2, -0.15) is 0 Å². The molecule has 2 amide bonds. The van der Waals surface area contributed by atoms with Gasteiger partial charge < -0.3 is 15.5 Å². The van der Waals surface area contributed by atoms with Crippen molar-refractivity contribution in [1.82, 2.24) is 15.5 Å². The van der Waals surface area contributed by atoms with Gasteiger partial charge in [-0.05, 0) is 43.3 Å². The maximum atomic E-state index is 13.1. The van der Waals surface area contributed by atoms with Crippen molar-refractivity contribution in [3.8, 4) is 0 Å². The van der Waals surface area contributed by atoms with Crippen LogP contribution in [0.25, 0.3) is 0 Å². The smallest absolute Gasteiger partial charge is 0.223 e. The van der Waals surface area contributed by atoms with Gasteiger partial charge in [-0.3, -0.25) is 9.59 Å². The first-order valence-corrected chi connectivity index (χ1v) is 9.47. The predicted octanol–water partition coefficient (Wildman–Crippen LogP) is 2.10. The van der Waals surface area contributed by atoms with Gasteiger partial charge in [0, 0.05) is 19.5 Å². The van der Waals surface area contributed by atoms with Crippen LogP contribution in [0.2, 0.25) is 0 Å². The van der Waals surface area contributed by atoms with Crippen molar-refractivity contribution in [2.45, 2.75) is 38.6 Å². The molecular formula is C20H29N3O2. The van der Waals surface area contributed by atoms with Crippen molar-refractivity contribution >= 4 is 11.8 Å². The summed E-state index contributed by atoms with van der Waals surface area (Å²) in [5.74, 6) is 1.21. The Morgan fingerprint density at radius 1 is 1.20 bits per heavy atom. The zero-order valence-corrected chi connectivity index (χ0v) is 15.0. The van der Waals surface area contributed by atoms with E-state index in [1.54, 1.807) is 0 Å². The number of piperidine rings is 1. The number of carbonyl (C=O) groups is 2. The van der Waals surface area contributed by atoms with E-state index < -0.39 is 0 Å². The van der Waals surface area contributed by atoms with Crippen LogP contribution in [-0.4, -0.2) is 42.9 Å². The highest BCUT2D eigenvalue weighted by molar-refractivity contribution is 5.81. The average molecular weight is 343 g/mol. The number of hydrogen-bond acceptors (Lipinski definition) is 3. The van der Waals surface area contributed by atoms with E-state index >= 15 is 0 Å². The van der Waals surface area contributed by atoms with E-state index in [-0.39, 0.29) is 17.9 Å². The van der Waals surface area contributed by atoms with Gasteiger partial charge in [0.25, 0.3) is 0 Å². The first kappa shape index (κ1) is 17.9. The molecule has 0 saturated carbocycles. The molecule has 5 heteroatoms. The van der Waals surface area contributed by atoms with Crippen LogP contribution in [0.3, 0.4) is 0 Å². The van der Waals surface area contributed by atoms with Crippen LogP contribution >= 0.6 is 0 Å². The summed E-state index contributed by atoms with van der Waals surface area (Å²) in [5.41, 5.74) is 1.04. The summed E-state index contributed by atoms with van der Waals surface area (Å²) >= 11 is 0. The van der Waals surface area contributed by atoms with E-state index in [2.05, 4.69) is 17.6 Å². The molecule has 0 aliphatic carbocycles. The molecule has 0 radical (unpaired) electrons. The van der Waals surface area contributed by atoms with E-state index in [1.807, 2.05) is 35.2 Å². The molecule has 2 unspecified atom stereocenters. The van der Waals surface area contributed by atoms with Gasteiger partial charge in [0.05, 0.1) is 12.5 Å². The molecule has 2 heterocycles. The highest BCUT2D eigenvalue weighted by Gasteiger charge is 2.31. The number of rotatable bonds is 4. The fraction of sp³-hybridized carbons (Fsp3) is 0.600. The minimum absolute atomic E-state index is 0.0237. The minimum atomic E-state index is -0.156. The molecule has 0 spiro atoms. The summed E-state index contributed by atoms with van der Waals surface area (Å²) in [4.78, 5) is 27.0. The summed E-state index contributed by atoms with van der Waals surface area (Å²) in [7, 11) is 0. The Morgan fingerprint density at radius 3 is 2.64 bits per heavy atom. The maximum absolute atomic E-state index is 13.1. The first-order valence-electron chi connectivity index (χ1n) is 9.47. The summed E-state index contributed by atoms with van der Waals surface area (Å²) in [6, 6.07) is 9.78. The van der Waals surface area contributed by atoms with Crippen molar-refractivity contribution in [3.63, 3.8) is 0 Å². The molecule has 1 aromatic rings. The standard InChI is InChI=1S/C20H29N3O2/c1-15(16-7-9-21-10-8-16)13-20(25)23-12-11-22-19(24)14-18(23)17-5-3-2-4-6-17/h2-6,15-16,18,21H,7-14H2,1H3,(H,22,24). The molecule has 25 heavy (non-hydrogen) atoms. The fourth-order valence-corrected chi connectivity index (χ4v) is 4.07. The van der Waals surface area contributed by atoms with E-state index in [9.17, 15) is 9.59 Å². The molecule has 2 atom stereocenters. The van der Waals surface area contributed by atoms with Gasteiger partial charge in [-0.15, -0.1) is 0 Å². The number of nitrogens with zero attached hydrogens (tertiary/aromatic N) is 1. The van der Waals surface area contributed by atoms with Crippen molar-refractivity contribution in [2.24, 2.45) is 11.8 Å². The zero-order chi connectivity index (χ0) is 17.6. The lowest BCUT2D eigenvalue weighted by Crippen LogP contribution is -2.39. The van der Waals surface area contributed by atoms with E-state index in [0.717, 1.165) is 31.5 Å². The van der Waals surface area contributed by atoms with E-state index in [1.165, 1.54) is 0 Å². The number of benzene rings is 1. The average Bonchev–Trinajstić information content (AvgIpc) is 2.84. The summed E-state index contributed by atoms with van der Waals surface area (Å²) in [5, 5.41) is 6.29. The lowest BCUT2D eigenvalue weighted by atomic mass is 9.83. The van der Waals surface area contributed by atoms with Crippen LogP contribution < -0.4 is 10.6 Å². The lowest BCUT2D eigenvalue weighted by Gasteiger charge is -2.33. The third kappa shape index (κ3) is 4.60. The Bertz CT molecular complexity index is 584. The monoisotopic (exact) mass is 343 g/mol. The van der Waals surface area contributed by atoms with Gasteiger partial charge in [-0.1, -0.05) is 37.3 Å². The molecule has 2 saturated heterocycles. The number of nitrogens with one attached hydrogen (secondary N) is 2. The Morgan fingerprint density at radius 2 is 1.92 bits per heavy atom. The minimum Gasteiger partial charge on any atom is -0.354 e. The van der Waals surface area contributed by atoms with Crippen LogP contribution in [0.15, 0.2) is 30.3 Å². The first-order chi connectivity index (χ1) is 12.1.